The zero-order valence-corrected chi connectivity index (χ0v) is 8.87. The Balaban J connectivity index is 2.52. The van der Waals surface area contributed by atoms with Crippen molar-refractivity contribution in [3.63, 3.8) is 0 Å². The van der Waals surface area contributed by atoms with E-state index >= 15 is 0 Å². The topological polar surface area (TPSA) is 63.3 Å². The van der Waals surface area contributed by atoms with Crippen LogP contribution in [0, 0.1) is 5.82 Å². The maximum atomic E-state index is 12.5. The summed E-state index contributed by atoms with van der Waals surface area (Å²) in [6.07, 6.45) is 1.16. The monoisotopic (exact) mass is 210 g/mol. The normalized spacial score (nSPS) is 11.9. The van der Waals surface area contributed by atoms with E-state index in [-0.39, 0.29) is 11.9 Å². The molecule has 0 aliphatic rings. The number of nitrogens with one attached hydrogen (secondary N) is 1. The van der Waals surface area contributed by atoms with Gasteiger partial charge in [0.25, 0.3) is 0 Å². The number of hydrogen-bond donors (Lipinski definition) is 2. The summed E-state index contributed by atoms with van der Waals surface area (Å²) in [5.41, 5.74) is 6.27. The zero-order valence-electron chi connectivity index (χ0n) is 8.87. The van der Waals surface area contributed by atoms with Crippen molar-refractivity contribution in [3.05, 3.63) is 29.8 Å². The van der Waals surface area contributed by atoms with Crippen LogP contribution < -0.4 is 11.1 Å². The Morgan fingerprint density at radius 2 is 2.33 bits per heavy atom. The van der Waals surface area contributed by atoms with Crippen LogP contribution >= 0.6 is 0 Å². The number of nitrogens with two attached hydrogens (primary N) is 1. The van der Waals surface area contributed by atoms with Gasteiger partial charge >= 0.3 is 0 Å². The summed E-state index contributed by atoms with van der Waals surface area (Å²) < 4.78 is 12.5. The van der Waals surface area contributed by atoms with E-state index in [1.165, 1.54) is 6.07 Å². The molecule has 0 atom stereocenters. The summed E-state index contributed by atoms with van der Waals surface area (Å²) in [6, 6.07) is 3.18. The van der Waals surface area contributed by atoms with E-state index in [1.807, 2.05) is 13.8 Å². The Morgan fingerprint density at radius 1 is 1.60 bits per heavy atom. The summed E-state index contributed by atoms with van der Waals surface area (Å²) in [5.74, 6) is 0.0205. The van der Waals surface area contributed by atoms with E-state index in [0.717, 1.165) is 6.20 Å². The minimum Gasteiger partial charge on any atom is -0.370 e. The molecule has 0 amide bonds. The third-order valence-electron chi connectivity index (χ3n) is 1.64. The quantitative estimate of drug-likeness (QED) is 0.578. The lowest BCUT2D eigenvalue weighted by atomic mass is 10.3. The highest BCUT2D eigenvalue weighted by atomic mass is 19.1. The Hall–Kier alpha value is -1.65. The molecule has 0 fully saturated rings. The highest BCUT2D eigenvalue weighted by molar-refractivity contribution is 5.77. The van der Waals surface area contributed by atoms with Crippen LogP contribution in [0.2, 0.25) is 0 Å². The molecule has 82 valence electrons. The van der Waals surface area contributed by atoms with Gasteiger partial charge in [0.2, 0.25) is 0 Å². The molecule has 1 aromatic rings. The fourth-order valence-electron chi connectivity index (χ4n) is 1.01. The first-order valence-electron chi connectivity index (χ1n) is 4.75. The van der Waals surface area contributed by atoms with Crippen molar-refractivity contribution in [2.24, 2.45) is 10.7 Å². The lowest BCUT2D eigenvalue weighted by Gasteiger charge is -2.07. The first-order valence-corrected chi connectivity index (χ1v) is 4.75. The Bertz CT molecular complexity index is 332. The molecular formula is C10H15FN4. The maximum absolute atomic E-state index is 12.5. The van der Waals surface area contributed by atoms with Gasteiger partial charge in [0, 0.05) is 6.04 Å². The SMILES string of the molecule is CC(C)NC(N)=NCc1ccc(F)cn1. The highest BCUT2D eigenvalue weighted by Crippen LogP contribution is 1.99. The number of guanidine groups is 1. The molecule has 4 nitrogen and oxygen atoms in total. The molecule has 0 spiro atoms. The van der Waals surface area contributed by atoms with E-state index in [9.17, 15) is 4.39 Å². The Morgan fingerprint density at radius 3 is 2.87 bits per heavy atom. The van der Waals surface area contributed by atoms with Gasteiger partial charge in [-0.15, -0.1) is 0 Å². The van der Waals surface area contributed by atoms with E-state index in [4.69, 9.17) is 5.73 Å². The van der Waals surface area contributed by atoms with E-state index < -0.39 is 0 Å². The molecule has 0 saturated heterocycles. The molecule has 0 aliphatic heterocycles. The lowest BCUT2D eigenvalue weighted by Crippen LogP contribution is -2.36. The van der Waals surface area contributed by atoms with Gasteiger partial charge in [-0.25, -0.2) is 9.38 Å². The molecule has 0 unspecified atom stereocenters. The minimum absolute atomic E-state index is 0.245. The van der Waals surface area contributed by atoms with Gasteiger partial charge in [0.1, 0.15) is 5.82 Å². The molecule has 5 heteroatoms. The Kier molecular flexibility index (Phi) is 4.03. The second-order valence-electron chi connectivity index (χ2n) is 3.47. The van der Waals surface area contributed by atoms with Crippen LogP contribution in [0.1, 0.15) is 19.5 Å². The maximum Gasteiger partial charge on any atom is 0.189 e. The second kappa shape index (κ2) is 5.29. The number of halogens is 1. The molecule has 0 aromatic carbocycles. The van der Waals surface area contributed by atoms with Crippen LogP contribution in [-0.4, -0.2) is 17.0 Å². The predicted octanol–water partition coefficient (Wildman–Crippen LogP) is 1.03. The summed E-state index contributed by atoms with van der Waals surface area (Å²) in [6.45, 7) is 4.29. The molecule has 0 radical (unpaired) electrons. The summed E-state index contributed by atoms with van der Waals surface area (Å²) >= 11 is 0. The second-order valence-corrected chi connectivity index (χ2v) is 3.47. The van der Waals surface area contributed by atoms with E-state index in [0.29, 0.717) is 18.2 Å². The fourth-order valence-corrected chi connectivity index (χ4v) is 1.01. The molecule has 1 rings (SSSR count). The van der Waals surface area contributed by atoms with Crippen molar-refractivity contribution in [2.75, 3.05) is 0 Å². The van der Waals surface area contributed by atoms with Crippen LogP contribution in [0.25, 0.3) is 0 Å². The summed E-state index contributed by atoms with van der Waals surface area (Å²) in [4.78, 5) is 7.93. The van der Waals surface area contributed by atoms with Crippen LogP contribution in [0.3, 0.4) is 0 Å². The van der Waals surface area contributed by atoms with Crippen molar-refractivity contribution in [2.45, 2.75) is 26.4 Å². The fraction of sp³-hybridized carbons (Fsp3) is 0.400. The molecule has 15 heavy (non-hydrogen) atoms. The molecule has 0 bridgehead atoms. The van der Waals surface area contributed by atoms with E-state index in [2.05, 4.69) is 15.3 Å². The number of pyridine rings is 1. The summed E-state index contributed by atoms with van der Waals surface area (Å²) in [7, 11) is 0. The highest BCUT2D eigenvalue weighted by Gasteiger charge is 1.96. The molecule has 3 N–H and O–H groups in total. The van der Waals surface area contributed by atoms with Crippen molar-refractivity contribution in [1.82, 2.24) is 10.3 Å². The van der Waals surface area contributed by atoms with Crippen LogP contribution in [0.5, 0.6) is 0 Å². The van der Waals surface area contributed by atoms with Crippen LogP contribution in [-0.2, 0) is 6.54 Å². The number of hydrogen-bond acceptors (Lipinski definition) is 2. The van der Waals surface area contributed by atoms with Gasteiger partial charge in [-0.05, 0) is 26.0 Å². The van der Waals surface area contributed by atoms with Gasteiger partial charge in [0.15, 0.2) is 5.96 Å². The number of rotatable bonds is 3. The van der Waals surface area contributed by atoms with Gasteiger partial charge in [-0.2, -0.15) is 0 Å². The lowest BCUT2D eigenvalue weighted by molar-refractivity contribution is 0.619. The molecule has 1 heterocycles. The van der Waals surface area contributed by atoms with Crippen molar-refractivity contribution in [1.29, 1.82) is 0 Å². The first-order chi connectivity index (χ1) is 7.08. The van der Waals surface area contributed by atoms with Gasteiger partial charge in [0.05, 0.1) is 18.4 Å². The van der Waals surface area contributed by atoms with Gasteiger partial charge < -0.3 is 11.1 Å². The average molecular weight is 210 g/mol. The van der Waals surface area contributed by atoms with Crippen LogP contribution in [0.15, 0.2) is 23.3 Å². The molecular weight excluding hydrogens is 195 g/mol. The standard InChI is InChI=1S/C10H15FN4/c1-7(2)15-10(12)14-6-9-4-3-8(11)5-13-9/h3-5,7H,6H2,1-2H3,(H3,12,14,15). The van der Waals surface area contributed by atoms with Crippen LogP contribution in [0.4, 0.5) is 4.39 Å². The van der Waals surface area contributed by atoms with Gasteiger partial charge in [-0.3, -0.25) is 4.98 Å². The average Bonchev–Trinajstić information content (AvgIpc) is 2.16. The smallest absolute Gasteiger partial charge is 0.189 e. The number of aliphatic imine (C=N–C) groups is 1. The minimum atomic E-state index is -0.351. The van der Waals surface area contributed by atoms with Crippen molar-refractivity contribution >= 4 is 5.96 Å². The third-order valence-corrected chi connectivity index (χ3v) is 1.64. The third kappa shape index (κ3) is 4.39. The largest absolute Gasteiger partial charge is 0.370 e. The van der Waals surface area contributed by atoms with Crippen molar-refractivity contribution < 1.29 is 4.39 Å². The molecule has 1 aromatic heterocycles. The van der Waals surface area contributed by atoms with Gasteiger partial charge in [-0.1, -0.05) is 0 Å². The predicted molar refractivity (Wildman–Crippen MR) is 57.8 cm³/mol. The van der Waals surface area contributed by atoms with Crippen molar-refractivity contribution in [3.8, 4) is 0 Å². The number of aromatic nitrogens is 1. The number of nitrogens with zero attached hydrogens (tertiary/aromatic N) is 2. The first kappa shape index (κ1) is 11.4. The Labute approximate surface area is 88.4 Å². The molecule has 0 aliphatic carbocycles. The van der Waals surface area contributed by atoms with E-state index in [1.54, 1.807) is 6.07 Å². The molecule has 0 saturated carbocycles. The zero-order chi connectivity index (χ0) is 11.3. The summed E-state index contributed by atoms with van der Waals surface area (Å²) in [5, 5.41) is 2.95.